The van der Waals surface area contributed by atoms with Gasteiger partial charge in [0, 0.05) is 59.9 Å². The molecule has 90 heavy (non-hydrogen) atoms. The van der Waals surface area contributed by atoms with Crippen molar-refractivity contribution in [3.8, 4) is 0 Å². The minimum atomic E-state index is -2.01. The van der Waals surface area contributed by atoms with Crippen molar-refractivity contribution in [3.05, 3.63) is 71.8 Å². The molecule has 0 saturated carbocycles. The van der Waals surface area contributed by atoms with Gasteiger partial charge in [-0.15, -0.1) is 0 Å². The van der Waals surface area contributed by atoms with E-state index < -0.39 is 137 Å². The van der Waals surface area contributed by atoms with Gasteiger partial charge >= 0.3 is 11.9 Å². The summed E-state index contributed by atoms with van der Waals surface area (Å²) in [5, 5.41) is 20.4. The van der Waals surface area contributed by atoms with Crippen molar-refractivity contribution in [3.63, 3.8) is 0 Å². The first-order chi connectivity index (χ1) is 42.5. The third kappa shape index (κ3) is 21.6. The Bertz CT molecular complexity index is 2680. The number of carbonyl (C=O) groups is 10. The lowest BCUT2D eigenvalue weighted by Crippen LogP contribution is -2.62. The number of nitrogens with one attached hydrogen (secondary N) is 3. The van der Waals surface area contributed by atoms with Crippen LogP contribution >= 0.6 is 0 Å². The number of nitrogens with zero attached hydrogens (tertiary/aromatic N) is 5. The normalized spacial score (nSPS) is 24.3. The predicted octanol–water partition coefficient (Wildman–Crippen LogP) is 6.79. The molecule has 0 radical (unpaired) electrons. The molecule has 4 rings (SSSR count). The molecular weight excluding hydrogens is 1150 g/mol. The van der Waals surface area contributed by atoms with Gasteiger partial charge in [-0.3, -0.25) is 43.2 Å². The Morgan fingerprint density at radius 1 is 0.611 bits per heavy atom. The van der Waals surface area contributed by atoms with Crippen LogP contribution in [0, 0.1) is 23.7 Å². The number of ether oxygens (including phenoxy) is 2. The van der Waals surface area contributed by atoms with Gasteiger partial charge < -0.3 is 55.0 Å². The first-order valence-electron chi connectivity index (χ1n) is 32.9. The fourth-order valence-electron chi connectivity index (χ4n) is 12.3. The number of amides is 8. The lowest BCUT2D eigenvalue weighted by atomic mass is 9.94. The summed E-state index contributed by atoms with van der Waals surface area (Å²) in [7, 11) is 5.55. The molecule has 2 aromatic rings. The van der Waals surface area contributed by atoms with E-state index in [1.165, 1.54) is 74.5 Å². The summed E-state index contributed by atoms with van der Waals surface area (Å²) < 4.78 is 11.8. The van der Waals surface area contributed by atoms with Crippen molar-refractivity contribution in [1.82, 2.24) is 40.4 Å². The van der Waals surface area contributed by atoms with E-state index in [1.54, 1.807) is 77.9 Å². The Kier molecular flexibility index (Phi) is 30.4. The molecule has 0 aliphatic carbocycles. The zero-order valence-corrected chi connectivity index (χ0v) is 56.6. The topological polar surface area (TPSA) is 262 Å². The van der Waals surface area contributed by atoms with Crippen LogP contribution in [-0.2, 0) is 70.3 Å². The highest BCUT2D eigenvalue weighted by Gasteiger charge is 2.48. The van der Waals surface area contributed by atoms with E-state index in [0.29, 0.717) is 30.4 Å². The number of unbranched alkanes of at least 4 members (excludes halogenated alkanes) is 7. The summed E-state index contributed by atoms with van der Waals surface area (Å²) in [5.41, 5.74) is -0.647. The molecule has 0 bridgehead atoms. The average Bonchev–Trinajstić information content (AvgIpc) is 2.80. The Hall–Kier alpha value is -6.90. The number of rotatable bonds is 23. The van der Waals surface area contributed by atoms with E-state index in [4.69, 9.17) is 9.47 Å². The standard InChI is InChI=1S/C69H108N8O13/c1-16-18-19-20-21-22-23-30-40-89-55(78)38-37-50-63(82)74(13)56(45(5)6)61(80)71-51(41-44(3)4)65(84)76(15)59(69(10,11)88)68(87)90-58(47(9)17-2)67(86)75(14)57(46(7)8)62(81)72-52(42-48-32-26-24-27-33-48)64(83)73(12)54(43-49-34-28-25-29-35-49)66(85)77-39-31-36-53(77)60(79)70-50/h24-29,32-35,44-47,50-54,56-59,88H,16-23,30-31,36-43H2,1-15H3,(H,70,79)(H,71,80)(H,72,81)/t47-,50+,51+,52+,53+,54+,56+,57+,58-,59-/m1/s1. The Labute approximate surface area is 535 Å². The maximum atomic E-state index is 15.5. The molecule has 502 valence electrons. The minimum Gasteiger partial charge on any atom is -0.466 e. The molecule has 0 spiro atoms. The lowest BCUT2D eigenvalue weighted by molar-refractivity contribution is -0.177. The Morgan fingerprint density at radius 3 is 1.62 bits per heavy atom. The van der Waals surface area contributed by atoms with E-state index in [1.807, 2.05) is 38.1 Å². The van der Waals surface area contributed by atoms with Crippen LogP contribution in [0.5, 0.6) is 0 Å². The van der Waals surface area contributed by atoms with Crippen LogP contribution in [0.25, 0.3) is 0 Å². The van der Waals surface area contributed by atoms with Gasteiger partial charge in [-0.25, -0.2) is 4.79 Å². The quantitative estimate of drug-likeness (QED) is 0.0661. The number of hydrogen-bond acceptors (Lipinski definition) is 13. The van der Waals surface area contributed by atoms with Crippen molar-refractivity contribution in [2.24, 2.45) is 23.7 Å². The molecule has 0 unspecified atom stereocenters. The molecule has 2 heterocycles. The van der Waals surface area contributed by atoms with Crippen molar-refractivity contribution >= 4 is 59.2 Å². The van der Waals surface area contributed by atoms with Crippen LogP contribution in [0.4, 0.5) is 0 Å². The van der Waals surface area contributed by atoms with Crippen LogP contribution in [-0.4, -0.2) is 190 Å². The average molecular weight is 1260 g/mol. The molecule has 21 nitrogen and oxygen atoms in total. The lowest BCUT2D eigenvalue weighted by Gasteiger charge is -2.39. The number of aliphatic hydroxyl groups is 1. The van der Waals surface area contributed by atoms with Gasteiger partial charge in [-0.1, -0.05) is 168 Å². The molecule has 21 heteroatoms. The highest BCUT2D eigenvalue weighted by Crippen LogP contribution is 2.27. The van der Waals surface area contributed by atoms with Gasteiger partial charge in [0.05, 0.1) is 12.2 Å². The third-order valence-electron chi connectivity index (χ3n) is 17.5. The second kappa shape index (κ2) is 36.2. The fraction of sp³-hybridized carbons (Fsp3) is 0.681. The summed E-state index contributed by atoms with van der Waals surface area (Å²) in [4.78, 5) is 155. The molecule has 2 aliphatic heterocycles. The molecule has 0 aromatic heterocycles. The van der Waals surface area contributed by atoms with Gasteiger partial charge in [0.25, 0.3) is 5.91 Å². The first-order valence-corrected chi connectivity index (χ1v) is 32.9. The maximum Gasteiger partial charge on any atom is 0.332 e. The maximum absolute atomic E-state index is 15.5. The smallest absolute Gasteiger partial charge is 0.332 e. The number of carbonyl (C=O) groups excluding carboxylic acids is 10. The number of esters is 2. The number of cyclic esters (lactones) is 1. The van der Waals surface area contributed by atoms with E-state index in [-0.39, 0.29) is 57.6 Å². The summed E-state index contributed by atoms with van der Waals surface area (Å²) in [6.45, 7) is 19.1. The van der Waals surface area contributed by atoms with Crippen molar-refractivity contribution in [1.29, 1.82) is 0 Å². The SMILES string of the molecule is CCCCCCCCCCOC(=O)CC[C@@H]1NC(=O)[C@@H]2CCCN2C(=O)[C@H](Cc2ccccc2)N(C)C(=O)[C@H](Cc2ccccc2)NC(=O)[C@H](C(C)C)N(C)C(=O)[C@@H]([C@H](C)CC)OC(=O)[C@H](C(C)(C)O)N(C)C(=O)[C@H](CC(C)C)NC(=O)[C@H](C(C)C)N(C)C1=O. The highest BCUT2D eigenvalue weighted by atomic mass is 16.6. The number of hydrogen-bond donors (Lipinski definition) is 4. The van der Waals surface area contributed by atoms with Gasteiger partial charge in [0.1, 0.15) is 42.3 Å². The second-order valence-electron chi connectivity index (χ2n) is 26.6. The van der Waals surface area contributed by atoms with Crippen LogP contribution < -0.4 is 16.0 Å². The molecule has 2 aromatic carbocycles. The van der Waals surface area contributed by atoms with E-state index in [9.17, 15) is 29.1 Å². The number of likely N-dealkylation sites (N-methyl/N-ethyl adjacent to an activating group) is 4. The summed E-state index contributed by atoms with van der Waals surface area (Å²) in [6.07, 6.45) is 7.10. The van der Waals surface area contributed by atoms with E-state index in [0.717, 1.165) is 37.0 Å². The molecule has 2 fully saturated rings. The van der Waals surface area contributed by atoms with Crippen LogP contribution in [0.2, 0.25) is 0 Å². The zero-order valence-electron chi connectivity index (χ0n) is 56.6. The van der Waals surface area contributed by atoms with Crippen LogP contribution in [0.1, 0.15) is 177 Å². The Balaban J connectivity index is 1.92. The molecule has 8 amide bonds. The Morgan fingerprint density at radius 2 is 1.10 bits per heavy atom. The fourth-order valence-corrected chi connectivity index (χ4v) is 12.3. The largest absolute Gasteiger partial charge is 0.466 e. The molecule has 4 N–H and O–H groups in total. The van der Waals surface area contributed by atoms with Crippen molar-refractivity contribution in [2.45, 2.75) is 239 Å². The molecule has 2 saturated heterocycles. The number of benzene rings is 2. The molecule has 2 aliphatic rings. The summed E-state index contributed by atoms with van der Waals surface area (Å²) in [5.74, 6) is -9.55. The molecular formula is C69H108N8O13. The first kappa shape index (κ1) is 75.6. The van der Waals surface area contributed by atoms with E-state index in [2.05, 4.69) is 22.9 Å². The van der Waals surface area contributed by atoms with E-state index >= 15 is 24.0 Å². The minimum absolute atomic E-state index is 0.000296. The predicted molar refractivity (Wildman–Crippen MR) is 345 cm³/mol. The van der Waals surface area contributed by atoms with Gasteiger partial charge in [-0.2, -0.15) is 0 Å². The summed E-state index contributed by atoms with van der Waals surface area (Å²) in [6, 6.07) is 7.22. The van der Waals surface area contributed by atoms with Crippen LogP contribution in [0.3, 0.4) is 0 Å². The summed E-state index contributed by atoms with van der Waals surface area (Å²) >= 11 is 0. The van der Waals surface area contributed by atoms with Crippen molar-refractivity contribution < 1.29 is 62.5 Å². The number of fused-ring (bicyclic) bond motifs is 1. The molecule has 10 atom stereocenters. The van der Waals surface area contributed by atoms with Crippen molar-refractivity contribution in [2.75, 3.05) is 41.3 Å². The third-order valence-corrected chi connectivity index (χ3v) is 17.5. The monoisotopic (exact) mass is 1260 g/mol. The van der Waals surface area contributed by atoms with Gasteiger partial charge in [0.15, 0.2) is 12.1 Å². The van der Waals surface area contributed by atoms with Crippen LogP contribution in [0.15, 0.2) is 60.7 Å². The zero-order chi connectivity index (χ0) is 67.2. The highest BCUT2D eigenvalue weighted by molar-refractivity contribution is 5.99. The second-order valence-corrected chi connectivity index (χ2v) is 26.6. The van der Waals surface area contributed by atoms with Gasteiger partial charge in [0.2, 0.25) is 41.4 Å². The van der Waals surface area contributed by atoms with Gasteiger partial charge in [-0.05, 0) is 81.3 Å².